The molecule has 4 aromatic carbocycles. The summed E-state index contributed by atoms with van der Waals surface area (Å²) < 4.78 is 21.4. The van der Waals surface area contributed by atoms with Crippen molar-refractivity contribution in [3.8, 4) is 0 Å². The van der Waals surface area contributed by atoms with E-state index in [1.807, 2.05) is 145 Å². The van der Waals surface area contributed by atoms with E-state index in [9.17, 15) is 19.2 Å². The first-order valence-electron chi connectivity index (χ1n) is 21.4. The smallest absolute Gasteiger partial charge is 0.412 e. The number of carbonyl (C=O) groups excluding carboxylic acids is 4. The minimum atomic E-state index is -0.515. The Morgan fingerprint density at radius 3 is 1.59 bits per heavy atom. The van der Waals surface area contributed by atoms with E-state index in [1.54, 1.807) is 52.1 Å². The summed E-state index contributed by atoms with van der Waals surface area (Å²) in [4.78, 5) is 50.1. The molecule has 64 heavy (non-hydrogen) atoms. The van der Waals surface area contributed by atoms with Gasteiger partial charge in [-0.05, 0) is 107 Å². The number of hydrogen-bond acceptors (Lipinski definition) is 11. The van der Waals surface area contributed by atoms with Crippen LogP contribution in [0, 0.1) is 11.8 Å². The van der Waals surface area contributed by atoms with E-state index in [1.165, 1.54) is 0 Å². The van der Waals surface area contributed by atoms with Crippen LogP contribution in [0.5, 0.6) is 0 Å². The Bertz CT molecular complexity index is 1980. The molecular formula is C51H72ClN3O9. The molecule has 0 radical (unpaired) electrons. The second kappa shape index (κ2) is 28.5. The topological polar surface area (TPSA) is 153 Å². The zero-order valence-corrected chi connectivity index (χ0v) is 40.6. The molecule has 4 aromatic rings. The van der Waals surface area contributed by atoms with Crippen molar-refractivity contribution in [2.24, 2.45) is 11.8 Å². The molecule has 0 unspecified atom stereocenters. The molecular weight excluding hydrogens is 834 g/mol. The molecule has 0 saturated heterocycles. The van der Waals surface area contributed by atoms with Crippen molar-refractivity contribution in [1.29, 1.82) is 0 Å². The third-order valence-electron chi connectivity index (χ3n) is 8.97. The fourth-order valence-corrected chi connectivity index (χ4v) is 6.25. The number of esters is 3. The molecule has 1 amide bonds. The zero-order valence-electron chi connectivity index (χ0n) is 39.8. The Kier molecular flexibility index (Phi) is 25.3. The summed E-state index contributed by atoms with van der Waals surface area (Å²) in [6.07, 6.45) is -0.274. The largest absolute Gasteiger partial charge is 0.460 e. The number of nitrogens with one attached hydrogen (secondary N) is 2. The van der Waals surface area contributed by atoms with Crippen LogP contribution in [0.3, 0.4) is 0 Å². The number of aliphatic hydroxyl groups is 1. The van der Waals surface area contributed by atoms with Crippen molar-refractivity contribution < 1.29 is 43.2 Å². The van der Waals surface area contributed by atoms with Crippen molar-refractivity contribution in [3.63, 3.8) is 0 Å². The van der Waals surface area contributed by atoms with Crippen molar-refractivity contribution in [3.05, 3.63) is 137 Å². The van der Waals surface area contributed by atoms with E-state index in [0.717, 1.165) is 27.8 Å². The van der Waals surface area contributed by atoms with Crippen molar-refractivity contribution in [1.82, 2.24) is 10.2 Å². The third kappa shape index (κ3) is 23.4. The van der Waals surface area contributed by atoms with E-state index in [4.69, 9.17) is 24.1 Å². The van der Waals surface area contributed by atoms with Gasteiger partial charge < -0.3 is 29.4 Å². The molecule has 0 bridgehead atoms. The predicted molar refractivity (Wildman–Crippen MR) is 256 cm³/mol. The standard InChI is InChI=1S/C26H35NO4.C13H19NO2.C12H17NO3.ClH/c1-19(2)24(25(29)30-18-20-11-8-7-9-12-20)27(6)17-22-14-10-13-21(15-22)16-23(28)31-26(3,4)5;1-10(2)12(14-3)13(15)16-9-11-7-5-4-6-8-11;1-12(2,3)16-11(15)13-10-6-4-5-9(7-10)8-14;/h7-15,19,24H,16-18H2,1-6H3;4-8,10,12,14H,9H2,1-3H3;4-7,14H,8H2,1-3H3,(H,13,15);1H/t24-;12-;;/m00../s1. The number of hydrogen-bond donors (Lipinski definition) is 3. The highest BCUT2D eigenvalue weighted by Crippen LogP contribution is 2.18. The van der Waals surface area contributed by atoms with Gasteiger partial charge in [0.15, 0.2) is 0 Å². The van der Waals surface area contributed by atoms with Crippen LogP contribution < -0.4 is 10.6 Å². The van der Waals surface area contributed by atoms with E-state index in [0.29, 0.717) is 18.8 Å². The Morgan fingerprint density at radius 2 is 1.11 bits per heavy atom. The number of nitrogens with zero attached hydrogens (tertiary/aromatic N) is 1. The van der Waals surface area contributed by atoms with E-state index < -0.39 is 17.3 Å². The van der Waals surface area contributed by atoms with Crippen molar-refractivity contribution in [2.45, 2.75) is 125 Å². The highest BCUT2D eigenvalue weighted by molar-refractivity contribution is 5.85. The monoisotopic (exact) mass is 905 g/mol. The Balaban J connectivity index is 0.000000524. The molecule has 4 rings (SSSR count). The zero-order chi connectivity index (χ0) is 47.2. The number of ether oxygens (including phenoxy) is 4. The molecule has 0 aliphatic heterocycles. The highest BCUT2D eigenvalue weighted by atomic mass is 35.5. The van der Waals surface area contributed by atoms with Crippen molar-refractivity contribution in [2.75, 3.05) is 19.4 Å². The number of amides is 1. The lowest BCUT2D eigenvalue weighted by molar-refractivity contribution is -0.154. The summed E-state index contributed by atoms with van der Waals surface area (Å²) in [6, 6.07) is 33.6. The summed E-state index contributed by atoms with van der Waals surface area (Å²) >= 11 is 0. The van der Waals surface area contributed by atoms with Gasteiger partial charge in [-0.25, -0.2) is 4.79 Å². The number of anilines is 1. The molecule has 0 aliphatic carbocycles. The highest BCUT2D eigenvalue weighted by Gasteiger charge is 2.28. The number of likely N-dealkylation sites (N-methyl/N-ethyl adjacent to an activating group) is 2. The van der Waals surface area contributed by atoms with Crippen LogP contribution in [0.25, 0.3) is 0 Å². The van der Waals surface area contributed by atoms with Crippen molar-refractivity contribution >= 4 is 42.1 Å². The average Bonchev–Trinajstić information content (AvgIpc) is 3.19. The summed E-state index contributed by atoms with van der Waals surface area (Å²) in [5, 5.41) is 14.5. The van der Waals surface area contributed by atoms with Gasteiger partial charge in [0, 0.05) is 12.2 Å². The van der Waals surface area contributed by atoms with Crippen LogP contribution in [0.4, 0.5) is 10.5 Å². The number of benzene rings is 4. The molecule has 352 valence electrons. The second-order valence-corrected chi connectivity index (χ2v) is 17.9. The molecule has 0 saturated carbocycles. The first-order chi connectivity index (χ1) is 29.6. The molecule has 0 aliphatic rings. The molecule has 0 fully saturated rings. The first-order valence-corrected chi connectivity index (χ1v) is 21.4. The maximum absolute atomic E-state index is 12.8. The van der Waals surface area contributed by atoms with Gasteiger partial charge in [0.1, 0.15) is 36.5 Å². The minimum Gasteiger partial charge on any atom is -0.460 e. The second-order valence-electron chi connectivity index (χ2n) is 17.9. The van der Waals surface area contributed by atoms with Crippen LogP contribution in [-0.4, -0.2) is 71.4 Å². The minimum absolute atomic E-state index is 0. The Labute approximate surface area is 387 Å². The van der Waals surface area contributed by atoms with E-state index in [-0.39, 0.29) is 73.9 Å². The van der Waals surface area contributed by atoms with E-state index in [2.05, 4.69) is 10.6 Å². The predicted octanol–water partition coefficient (Wildman–Crippen LogP) is 9.69. The van der Waals surface area contributed by atoms with Gasteiger partial charge in [-0.1, -0.05) is 125 Å². The third-order valence-corrected chi connectivity index (χ3v) is 8.97. The number of halogens is 1. The van der Waals surface area contributed by atoms with Crippen LogP contribution in [0.15, 0.2) is 109 Å². The summed E-state index contributed by atoms with van der Waals surface area (Å²) in [5.74, 6) is -0.346. The fraction of sp³-hybridized carbons (Fsp3) is 0.451. The lowest BCUT2D eigenvalue weighted by Gasteiger charge is -2.29. The van der Waals surface area contributed by atoms with Gasteiger partial charge in [-0.15, -0.1) is 12.4 Å². The van der Waals surface area contributed by atoms with Crippen LogP contribution in [0.1, 0.15) is 97.1 Å². The normalized spacial score (nSPS) is 12.0. The van der Waals surface area contributed by atoms with Gasteiger partial charge in [-0.3, -0.25) is 24.6 Å². The lowest BCUT2D eigenvalue weighted by Crippen LogP contribution is -2.43. The fourth-order valence-electron chi connectivity index (χ4n) is 6.25. The average molecular weight is 907 g/mol. The van der Waals surface area contributed by atoms with Gasteiger partial charge >= 0.3 is 24.0 Å². The summed E-state index contributed by atoms with van der Waals surface area (Å²) in [7, 11) is 3.70. The Morgan fingerprint density at radius 1 is 0.625 bits per heavy atom. The molecule has 0 heterocycles. The summed E-state index contributed by atoms with van der Waals surface area (Å²) in [5.41, 5.74) is 4.25. The van der Waals surface area contributed by atoms with Gasteiger partial charge in [0.2, 0.25) is 0 Å². The van der Waals surface area contributed by atoms with Gasteiger partial charge in [0.25, 0.3) is 0 Å². The number of rotatable bonds is 16. The molecule has 0 aromatic heterocycles. The van der Waals surface area contributed by atoms with Crippen LogP contribution >= 0.6 is 12.4 Å². The van der Waals surface area contributed by atoms with Gasteiger partial charge in [0.05, 0.1) is 13.0 Å². The SMILES string of the molecule is CC(C)(C)OC(=O)Nc1cccc(CO)c1.CC(C)[C@@H](C(=O)OCc1ccccc1)N(C)Cc1cccc(CC(=O)OC(C)(C)C)c1.CN[C@H](C(=O)OCc1ccccc1)C(C)C.Cl. The van der Waals surface area contributed by atoms with Gasteiger partial charge in [-0.2, -0.15) is 0 Å². The molecule has 13 heteroatoms. The quantitative estimate of drug-likeness (QED) is 0.0728. The van der Waals surface area contributed by atoms with Crippen LogP contribution in [-0.2, 0) is 66.1 Å². The molecule has 2 atom stereocenters. The number of aliphatic hydroxyl groups excluding tert-OH is 1. The first kappa shape index (κ1) is 56.7. The van der Waals surface area contributed by atoms with Crippen LogP contribution in [0.2, 0.25) is 0 Å². The lowest BCUT2D eigenvalue weighted by atomic mass is 10.0. The number of carbonyl (C=O) groups is 4. The summed E-state index contributed by atoms with van der Waals surface area (Å²) in [6.45, 7) is 20.1. The molecule has 12 nitrogen and oxygen atoms in total. The molecule has 0 spiro atoms. The molecule has 3 N–H and O–H groups in total. The van der Waals surface area contributed by atoms with E-state index >= 15 is 0 Å². The maximum atomic E-state index is 12.8. The maximum Gasteiger partial charge on any atom is 0.412 e. The Hall–Kier alpha value is -5.27.